The van der Waals surface area contributed by atoms with Gasteiger partial charge in [0.1, 0.15) is 4.90 Å². The molecule has 0 unspecified atom stereocenters. The van der Waals surface area contributed by atoms with Gasteiger partial charge in [-0.05, 0) is 25.0 Å². The van der Waals surface area contributed by atoms with Crippen molar-refractivity contribution in [1.29, 1.82) is 0 Å². The van der Waals surface area contributed by atoms with Gasteiger partial charge in [-0.2, -0.15) is 0 Å². The van der Waals surface area contributed by atoms with Crippen LogP contribution in [0.2, 0.25) is 5.02 Å². The lowest BCUT2D eigenvalue weighted by Gasteiger charge is -2.31. The molecule has 0 fully saturated rings. The highest BCUT2D eigenvalue weighted by Gasteiger charge is 2.31. The molecule has 0 atom stereocenters. The SMILES string of the molecule is CCC(CC)(CN)NS(=O)(=O)c1ccccc1Cl.Cl. The fraction of sp³-hybridized carbons (Fsp3) is 0.500. The molecule has 7 heteroatoms. The average Bonchev–Trinajstić information content (AvgIpc) is 2.36. The Labute approximate surface area is 126 Å². The lowest BCUT2D eigenvalue weighted by Crippen LogP contribution is -2.52. The van der Waals surface area contributed by atoms with Crippen molar-refractivity contribution in [1.82, 2.24) is 4.72 Å². The first kappa shape index (κ1) is 18.7. The van der Waals surface area contributed by atoms with Gasteiger partial charge >= 0.3 is 0 Å². The Kier molecular flexibility index (Phi) is 7.32. The number of hydrogen-bond acceptors (Lipinski definition) is 3. The van der Waals surface area contributed by atoms with E-state index in [2.05, 4.69) is 4.72 Å². The second kappa shape index (κ2) is 7.45. The van der Waals surface area contributed by atoms with E-state index in [4.69, 9.17) is 17.3 Å². The van der Waals surface area contributed by atoms with Crippen LogP contribution in [0.1, 0.15) is 26.7 Å². The van der Waals surface area contributed by atoms with Crippen LogP contribution in [0.5, 0.6) is 0 Å². The predicted molar refractivity (Wildman–Crippen MR) is 81.4 cm³/mol. The number of hydrogen-bond donors (Lipinski definition) is 2. The molecule has 0 aliphatic carbocycles. The van der Waals surface area contributed by atoms with Crippen molar-refractivity contribution < 1.29 is 8.42 Å². The molecule has 4 nitrogen and oxygen atoms in total. The molecule has 0 aliphatic heterocycles. The summed E-state index contributed by atoms with van der Waals surface area (Å²) in [5.41, 5.74) is 5.08. The fourth-order valence-electron chi connectivity index (χ4n) is 1.73. The molecule has 1 rings (SSSR count). The van der Waals surface area contributed by atoms with Gasteiger partial charge in [0.2, 0.25) is 10.0 Å². The van der Waals surface area contributed by atoms with E-state index in [1.54, 1.807) is 18.2 Å². The lowest BCUT2D eigenvalue weighted by atomic mass is 9.95. The first-order chi connectivity index (χ1) is 8.40. The van der Waals surface area contributed by atoms with Crippen LogP contribution in [0.4, 0.5) is 0 Å². The summed E-state index contributed by atoms with van der Waals surface area (Å²) < 4.78 is 27.3. The quantitative estimate of drug-likeness (QED) is 0.843. The highest BCUT2D eigenvalue weighted by atomic mass is 35.5. The first-order valence-electron chi connectivity index (χ1n) is 5.89. The highest BCUT2D eigenvalue weighted by molar-refractivity contribution is 7.89. The molecule has 1 aromatic rings. The summed E-state index contributed by atoms with van der Waals surface area (Å²) >= 11 is 5.92. The van der Waals surface area contributed by atoms with Crippen LogP contribution in [-0.4, -0.2) is 20.5 Å². The third-order valence-corrected chi connectivity index (χ3v) is 5.30. The zero-order valence-corrected chi connectivity index (χ0v) is 13.4. The summed E-state index contributed by atoms with van der Waals surface area (Å²) in [4.78, 5) is 0.0893. The maximum absolute atomic E-state index is 12.3. The molecule has 0 aromatic heterocycles. The molecule has 0 aliphatic rings. The number of benzene rings is 1. The largest absolute Gasteiger partial charge is 0.329 e. The van der Waals surface area contributed by atoms with Crippen LogP contribution < -0.4 is 10.5 Å². The highest BCUT2D eigenvalue weighted by Crippen LogP contribution is 2.23. The zero-order valence-electron chi connectivity index (χ0n) is 11.0. The Bertz CT molecular complexity index is 494. The Morgan fingerprint density at radius 1 is 1.26 bits per heavy atom. The van der Waals surface area contributed by atoms with Crippen molar-refractivity contribution in [2.45, 2.75) is 37.1 Å². The molecule has 0 spiro atoms. The second-order valence-electron chi connectivity index (χ2n) is 4.23. The lowest BCUT2D eigenvalue weighted by molar-refractivity contribution is 0.363. The van der Waals surface area contributed by atoms with Crippen molar-refractivity contribution in [2.75, 3.05) is 6.54 Å². The monoisotopic (exact) mass is 326 g/mol. The van der Waals surface area contributed by atoms with Crippen molar-refractivity contribution in [3.8, 4) is 0 Å². The summed E-state index contributed by atoms with van der Waals surface area (Å²) in [6.45, 7) is 4.07. The van der Waals surface area contributed by atoms with E-state index in [1.807, 2.05) is 13.8 Å². The first-order valence-corrected chi connectivity index (χ1v) is 7.75. The number of nitrogens with two attached hydrogens (primary N) is 1. The van der Waals surface area contributed by atoms with Crippen LogP contribution in [-0.2, 0) is 10.0 Å². The number of rotatable bonds is 6. The van der Waals surface area contributed by atoms with Gasteiger partial charge in [0.25, 0.3) is 0 Å². The smallest absolute Gasteiger partial charge is 0.242 e. The molecular weight excluding hydrogens is 307 g/mol. The number of halogens is 2. The number of sulfonamides is 1. The summed E-state index contributed by atoms with van der Waals surface area (Å²) in [5.74, 6) is 0. The van der Waals surface area contributed by atoms with Gasteiger partial charge in [0.05, 0.1) is 5.02 Å². The Morgan fingerprint density at radius 3 is 2.21 bits per heavy atom. The van der Waals surface area contributed by atoms with Crippen LogP contribution in [0.3, 0.4) is 0 Å². The van der Waals surface area contributed by atoms with E-state index >= 15 is 0 Å². The van der Waals surface area contributed by atoms with Crippen LogP contribution in [0.15, 0.2) is 29.2 Å². The molecule has 0 amide bonds. The minimum Gasteiger partial charge on any atom is -0.329 e. The maximum Gasteiger partial charge on any atom is 0.242 e. The van der Waals surface area contributed by atoms with Crippen LogP contribution in [0.25, 0.3) is 0 Å². The Hall–Kier alpha value is -0.330. The topological polar surface area (TPSA) is 72.2 Å². The number of nitrogens with one attached hydrogen (secondary N) is 1. The van der Waals surface area contributed by atoms with Crippen LogP contribution in [0, 0.1) is 0 Å². The summed E-state index contributed by atoms with van der Waals surface area (Å²) in [7, 11) is -3.65. The molecule has 0 bridgehead atoms. The van der Waals surface area contributed by atoms with Crippen molar-refractivity contribution >= 4 is 34.0 Å². The van der Waals surface area contributed by atoms with Crippen LogP contribution >= 0.6 is 24.0 Å². The van der Waals surface area contributed by atoms with Gasteiger partial charge < -0.3 is 5.73 Å². The van der Waals surface area contributed by atoms with Gasteiger partial charge in [-0.3, -0.25) is 0 Å². The molecule has 0 saturated heterocycles. The Morgan fingerprint density at radius 2 is 1.79 bits per heavy atom. The van der Waals surface area contributed by atoms with E-state index in [1.165, 1.54) is 6.07 Å². The molecule has 1 aromatic carbocycles. The van der Waals surface area contributed by atoms with Gasteiger partial charge in [-0.15, -0.1) is 12.4 Å². The van der Waals surface area contributed by atoms with E-state index < -0.39 is 15.6 Å². The molecule has 19 heavy (non-hydrogen) atoms. The molecule has 110 valence electrons. The molecule has 3 N–H and O–H groups in total. The normalized spacial score (nSPS) is 12.0. The van der Waals surface area contributed by atoms with Crippen molar-refractivity contribution in [3.05, 3.63) is 29.3 Å². The second-order valence-corrected chi connectivity index (χ2v) is 6.29. The summed E-state index contributed by atoms with van der Waals surface area (Å²) in [5, 5.41) is 0.211. The molecule has 0 radical (unpaired) electrons. The van der Waals surface area contributed by atoms with E-state index in [9.17, 15) is 8.42 Å². The van der Waals surface area contributed by atoms with E-state index in [0.717, 1.165) is 0 Å². The third-order valence-electron chi connectivity index (χ3n) is 3.22. The van der Waals surface area contributed by atoms with Gasteiger partial charge in [-0.1, -0.05) is 37.6 Å². The van der Waals surface area contributed by atoms with E-state index in [-0.39, 0.29) is 28.9 Å². The average molecular weight is 327 g/mol. The molecular formula is C12H20Cl2N2O2S. The van der Waals surface area contributed by atoms with Crippen molar-refractivity contribution in [3.63, 3.8) is 0 Å². The molecule has 0 heterocycles. The Balaban J connectivity index is 0.00000324. The maximum atomic E-state index is 12.3. The zero-order chi connectivity index (χ0) is 13.8. The summed E-state index contributed by atoms with van der Waals surface area (Å²) in [6, 6.07) is 6.37. The van der Waals surface area contributed by atoms with E-state index in [0.29, 0.717) is 12.8 Å². The van der Waals surface area contributed by atoms with Crippen molar-refractivity contribution in [2.24, 2.45) is 5.73 Å². The van der Waals surface area contributed by atoms with Gasteiger partial charge in [0, 0.05) is 12.1 Å². The summed E-state index contributed by atoms with van der Waals surface area (Å²) in [6.07, 6.45) is 1.26. The third kappa shape index (κ3) is 4.33. The minimum absolute atomic E-state index is 0. The predicted octanol–water partition coefficient (Wildman–Crippen LogP) is 2.56. The van der Waals surface area contributed by atoms with Gasteiger partial charge in [0.15, 0.2) is 0 Å². The molecule has 0 saturated carbocycles. The fourth-order valence-corrected chi connectivity index (χ4v) is 3.80. The standard InChI is InChI=1S/C12H19ClN2O2S.ClH/c1-3-12(4-2,9-14)15-18(16,17)11-8-6-5-7-10(11)13;/h5-8,15H,3-4,9,14H2,1-2H3;1H. The minimum atomic E-state index is -3.65. The van der Waals surface area contributed by atoms with Gasteiger partial charge in [-0.25, -0.2) is 13.1 Å².